The molecule has 1 fully saturated rings. The number of nitrogens with two attached hydrogens (primary N) is 1. The highest BCUT2D eigenvalue weighted by Crippen LogP contribution is 2.20. The maximum absolute atomic E-state index is 12.6. The summed E-state index contributed by atoms with van der Waals surface area (Å²) >= 11 is 0. The number of benzene rings is 2. The van der Waals surface area contributed by atoms with Crippen molar-refractivity contribution < 1.29 is 4.79 Å². The number of fused-ring (bicyclic) bond motifs is 1. The Balaban J connectivity index is 1.52. The summed E-state index contributed by atoms with van der Waals surface area (Å²) < 4.78 is 1.73. The van der Waals surface area contributed by atoms with Gasteiger partial charge in [0.05, 0.1) is 12.7 Å². The quantitative estimate of drug-likeness (QED) is 0.790. The fourth-order valence-electron chi connectivity index (χ4n) is 3.45. The van der Waals surface area contributed by atoms with E-state index in [9.17, 15) is 4.79 Å². The maximum Gasteiger partial charge on any atom is 0.276 e. The van der Waals surface area contributed by atoms with Crippen LogP contribution in [0.5, 0.6) is 0 Å². The fourth-order valence-corrected chi connectivity index (χ4v) is 3.45. The Kier molecular flexibility index (Phi) is 4.19. The third-order valence-corrected chi connectivity index (χ3v) is 4.88. The summed E-state index contributed by atoms with van der Waals surface area (Å²) in [7, 11) is 0. The normalized spacial score (nSPS) is 17.3. The first-order valence-electron chi connectivity index (χ1n) is 8.60. The summed E-state index contributed by atoms with van der Waals surface area (Å²) in [6, 6.07) is 14.5. The van der Waals surface area contributed by atoms with E-state index < -0.39 is 0 Å². The third-order valence-electron chi connectivity index (χ3n) is 4.88. The van der Waals surface area contributed by atoms with Crippen molar-refractivity contribution in [2.75, 3.05) is 19.6 Å². The van der Waals surface area contributed by atoms with Crippen LogP contribution in [0.1, 0.15) is 22.5 Å². The van der Waals surface area contributed by atoms with Crippen LogP contribution >= 0.6 is 0 Å². The number of rotatable bonds is 4. The standard InChI is InChI=1S/C19H21N5O/c20-10-14-8-9-23(11-14)19(25)18-13-24(22-21-18)12-16-6-3-5-15-4-1-2-7-17(15)16/h1-7,13-14H,8-12,20H2/t14-/m1/s1. The molecule has 1 aliphatic rings. The molecule has 0 bridgehead atoms. The van der Waals surface area contributed by atoms with Gasteiger partial charge in [0, 0.05) is 13.1 Å². The van der Waals surface area contributed by atoms with Gasteiger partial charge >= 0.3 is 0 Å². The monoisotopic (exact) mass is 335 g/mol. The molecule has 1 aliphatic heterocycles. The molecule has 0 saturated carbocycles. The molecule has 25 heavy (non-hydrogen) atoms. The van der Waals surface area contributed by atoms with E-state index in [-0.39, 0.29) is 5.91 Å². The van der Waals surface area contributed by atoms with Crippen molar-refractivity contribution in [3.63, 3.8) is 0 Å². The Hall–Kier alpha value is -2.73. The highest BCUT2D eigenvalue weighted by Gasteiger charge is 2.27. The van der Waals surface area contributed by atoms with Crippen LogP contribution in [0.2, 0.25) is 0 Å². The van der Waals surface area contributed by atoms with Crippen LogP contribution in [-0.2, 0) is 6.54 Å². The molecule has 2 aromatic carbocycles. The lowest BCUT2D eigenvalue weighted by molar-refractivity contribution is 0.0781. The van der Waals surface area contributed by atoms with Crippen molar-refractivity contribution in [3.8, 4) is 0 Å². The molecular formula is C19H21N5O. The average molecular weight is 335 g/mol. The Morgan fingerprint density at radius 3 is 2.88 bits per heavy atom. The third kappa shape index (κ3) is 3.13. The maximum atomic E-state index is 12.6. The first kappa shape index (κ1) is 15.8. The number of nitrogens with zero attached hydrogens (tertiary/aromatic N) is 4. The van der Waals surface area contributed by atoms with Crippen molar-refractivity contribution in [1.29, 1.82) is 0 Å². The molecule has 2 heterocycles. The summed E-state index contributed by atoms with van der Waals surface area (Å²) in [4.78, 5) is 14.4. The van der Waals surface area contributed by atoms with Gasteiger partial charge in [-0.05, 0) is 35.2 Å². The van der Waals surface area contributed by atoms with E-state index in [0.717, 1.165) is 18.5 Å². The van der Waals surface area contributed by atoms with Crippen LogP contribution in [0.25, 0.3) is 10.8 Å². The van der Waals surface area contributed by atoms with Crippen molar-refractivity contribution in [2.24, 2.45) is 11.7 Å². The second-order valence-corrected chi connectivity index (χ2v) is 6.58. The van der Waals surface area contributed by atoms with Crippen LogP contribution in [0.4, 0.5) is 0 Å². The summed E-state index contributed by atoms with van der Waals surface area (Å²) in [6.45, 7) is 2.67. The summed E-state index contributed by atoms with van der Waals surface area (Å²) in [5.74, 6) is 0.342. The first-order chi connectivity index (χ1) is 12.2. The second kappa shape index (κ2) is 6.64. The molecule has 3 aromatic rings. The molecule has 0 unspecified atom stereocenters. The highest BCUT2D eigenvalue weighted by molar-refractivity contribution is 5.92. The number of amides is 1. The van der Waals surface area contributed by atoms with Gasteiger partial charge in [0.15, 0.2) is 5.69 Å². The molecule has 1 aromatic heterocycles. The molecule has 2 N–H and O–H groups in total. The van der Waals surface area contributed by atoms with Crippen LogP contribution in [0.15, 0.2) is 48.7 Å². The number of likely N-dealkylation sites (tertiary alicyclic amines) is 1. The van der Waals surface area contributed by atoms with Crippen molar-refractivity contribution in [3.05, 3.63) is 59.9 Å². The van der Waals surface area contributed by atoms with E-state index in [1.807, 2.05) is 23.1 Å². The smallest absolute Gasteiger partial charge is 0.276 e. The minimum atomic E-state index is -0.0554. The largest absolute Gasteiger partial charge is 0.337 e. The lowest BCUT2D eigenvalue weighted by Gasteiger charge is -2.14. The van der Waals surface area contributed by atoms with Crippen molar-refractivity contribution in [2.45, 2.75) is 13.0 Å². The van der Waals surface area contributed by atoms with Crippen LogP contribution in [-0.4, -0.2) is 45.4 Å². The zero-order valence-corrected chi connectivity index (χ0v) is 14.0. The Morgan fingerprint density at radius 1 is 1.20 bits per heavy atom. The number of hydrogen-bond donors (Lipinski definition) is 1. The van der Waals surface area contributed by atoms with Gasteiger partial charge in [-0.1, -0.05) is 47.7 Å². The molecule has 128 valence electrons. The van der Waals surface area contributed by atoms with Gasteiger partial charge in [-0.15, -0.1) is 5.10 Å². The molecule has 4 rings (SSSR count). The van der Waals surface area contributed by atoms with Gasteiger partial charge < -0.3 is 10.6 Å². The molecular weight excluding hydrogens is 314 g/mol. The molecule has 0 spiro atoms. The van der Waals surface area contributed by atoms with Crippen LogP contribution < -0.4 is 5.73 Å². The number of aromatic nitrogens is 3. The second-order valence-electron chi connectivity index (χ2n) is 6.58. The molecule has 1 amide bonds. The van der Waals surface area contributed by atoms with Crippen LogP contribution in [0, 0.1) is 5.92 Å². The Bertz CT molecular complexity index is 898. The fraction of sp³-hybridized carbons (Fsp3) is 0.316. The number of hydrogen-bond acceptors (Lipinski definition) is 4. The zero-order valence-electron chi connectivity index (χ0n) is 14.0. The lowest BCUT2D eigenvalue weighted by atomic mass is 10.0. The number of carbonyl (C=O) groups is 1. The highest BCUT2D eigenvalue weighted by atomic mass is 16.2. The van der Waals surface area contributed by atoms with Gasteiger partial charge in [-0.3, -0.25) is 4.79 Å². The van der Waals surface area contributed by atoms with Crippen molar-refractivity contribution >= 4 is 16.7 Å². The van der Waals surface area contributed by atoms with Gasteiger partial charge in [0.25, 0.3) is 5.91 Å². The van der Waals surface area contributed by atoms with Gasteiger partial charge in [0.2, 0.25) is 0 Å². The van der Waals surface area contributed by atoms with E-state index in [2.05, 4.69) is 34.6 Å². The molecule has 1 saturated heterocycles. The topological polar surface area (TPSA) is 77.0 Å². The zero-order chi connectivity index (χ0) is 17.2. The molecule has 1 atom stereocenters. The Morgan fingerprint density at radius 2 is 2.04 bits per heavy atom. The lowest BCUT2D eigenvalue weighted by Crippen LogP contribution is -2.30. The minimum absolute atomic E-state index is 0.0554. The van der Waals surface area contributed by atoms with E-state index in [0.29, 0.717) is 31.2 Å². The molecule has 6 nitrogen and oxygen atoms in total. The molecule has 6 heteroatoms. The van der Waals surface area contributed by atoms with Gasteiger partial charge in [-0.2, -0.15) is 0 Å². The van der Waals surface area contributed by atoms with E-state index in [1.165, 1.54) is 10.8 Å². The predicted octanol–water partition coefficient (Wildman–Crippen LogP) is 1.90. The first-order valence-corrected chi connectivity index (χ1v) is 8.60. The van der Waals surface area contributed by atoms with Crippen LogP contribution in [0.3, 0.4) is 0 Å². The predicted molar refractivity (Wildman–Crippen MR) is 96.1 cm³/mol. The van der Waals surface area contributed by atoms with E-state index in [4.69, 9.17) is 5.73 Å². The van der Waals surface area contributed by atoms with Gasteiger partial charge in [0.1, 0.15) is 0 Å². The van der Waals surface area contributed by atoms with Crippen molar-refractivity contribution in [1.82, 2.24) is 19.9 Å². The molecule has 0 radical (unpaired) electrons. The average Bonchev–Trinajstić information content (AvgIpc) is 3.31. The van der Waals surface area contributed by atoms with E-state index >= 15 is 0 Å². The summed E-state index contributed by atoms with van der Waals surface area (Å²) in [6.07, 6.45) is 2.70. The number of carbonyl (C=O) groups excluding carboxylic acids is 1. The Labute approximate surface area is 146 Å². The van der Waals surface area contributed by atoms with E-state index in [1.54, 1.807) is 10.9 Å². The SMILES string of the molecule is NC[C@H]1CCN(C(=O)c2cn(Cc3cccc4ccccc34)nn2)C1. The minimum Gasteiger partial charge on any atom is -0.337 e. The summed E-state index contributed by atoms with van der Waals surface area (Å²) in [5.41, 5.74) is 7.26. The van der Waals surface area contributed by atoms with Gasteiger partial charge in [-0.25, -0.2) is 4.68 Å². The summed E-state index contributed by atoms with van der Waals surface area (Å²) in [5, 5.41) is 10.6. The molecule has 0 aliphatic carbocycles.